The average Bonchev–Trinajstić information content (AvgIpc) is 2.20. The largest absolute Gasteiger partial charge is 0.352 e. The van der Waals surface area contributed by atoms with Crippen molar-refractivity contribution in [3.05, 3.63) is 0 Å². The molecule has 0 unspecified atom stereocenters. The van der Waals surface area contributed by atoms with Crippen LogP contribution in [0.15, 0.2) is 0 Å². The van der Waals surface area contributed by atoms with Crippen LogP contribution in [0.5, 0.6) is 0 Å². The van der Waals surface area contributed by atoms with Crippen molar-refractivity contribution >= 4 is 5.91 Å². The van der Waals surface area contributed by atoms with Crippen molar-refractivity contribution in [2.24, 2.45) is 11.7 Å². The number of amides is 1. The van der Waals surface area contributed by atoms with Gasteiger partial charge < -0.3 is 16.0 Å². The van der Waals surface area contributed by atoms with Gasteiger partial charge >= 0.3 is 0 Å². The third-order valence-electron chi connectivity index (χ3n) is 3.09. The number of likely N-dealkylation sites (tertiary alicyclic amines) is 1. The SMILES string of the molecule is CC(C)[C@H](N)C(=O)NC1CCN(C)CC1. The Morgan fingerprint density at radius 2 is 1.93 bits per heavy atom. The molecule has 0 saturated carbocycles. The molecule has 0 aromatic rings. The maximum Gasteiger partial charge on any atom is 0.237 e. The lowest BCUT2D eigenvalue weighted by atomic mass is 10.0. The van der Waals surface area contributed by atoms with Gasteiger partial charge in [-0.25, -0.2) is 0 Å². The van der Waals surface area contributed by atoms with E-state index in [9.17, 15) is 4.79 Å². The second-order valence-electron chi connectivity index (χ2n) is 4.86. The van der Waals surface area contributed by atoms with E-state index in [1.54, 1.807) is 0 Å². The Hall–Kier alpha value is -0.610. The molecule has 4 heteroatoms. The summed E-state index contributed by atoms with van der Waals surface area (Å²) in [4.78, 5) is 14.0. The number of nitrogens with one attached hydrogen (secondary N) is 1. The van der Waals surface area contributed by atoms with E-state index >= 15 is 0 Å². The minimum absolute atomic E-state index is 0.000414. The van der Waals surface area contributed by atoms with Gasteiger partial charge in [-0.15, -0.1) is 0 Å². The van der Waals surface area contributed by atoms with E-state index in [-0.39, 0.29) is 17.9 Å². The van der Waals surface area contributed by atoms with Crippen molar-refractivity contribution < 1.29 is 4.79 Å². The first-order valence-electron chi connectivity index (χ1n) is 5.75. The summed E-state index contributed by atoms with van der Waals surface area (Å²) in [5.41, 5.74) is 5.78. The van der Waals surface area contributed by atoms with Crippen LogP contribution in [0.1, 0.15) is 26.7 Å². The van der Waals surface area contributed by atoms with Gasteiger partial charge in [0.05, 0.1) is 6.04 Å². The van der Waals surface area contributed by atoms with Crippen LogP contribution in [0.2, 0.25) is 0 Å². The highest BCUT2D eigenvalue weighted by Crippen LogP contribution is 2.09. The molecule has 0 radical (unpaired) electrons. The lowest BCUT2D eigenvalue weighted by molar-refractivity contribution is -0.124. The molecule has 0 bridgehead atoms. The fourth-order valence-corrected chi connectivity index (χ4v) is 1.75. The van der Waals surface area contributed by atoms with Crippen LogP contribution in [-0.2, 0) is 4.79 Å². The van der Waals surface area contributed by atoms with E-state index in [4.69, 9.17) is 5.73 Å². The number of carbonyl (C=O) groups is 1. The van der Waals surface area contributed by atoms with Gasteiger partial charge in [-0.05, 0) is 38.9 Å². The number of rotatable bonds is 3. The molecule has 0 aliphatic carbocycles. The molecule has 15 heavy (non-hydrogen) atoms. The molecule has 0 aromatic heterocycles. The molecule has 1 rings (SSSR count). The standard InChI is InChI=1S/C11H23N3O/c1-8(2)10(12)11(15)13-9-4-6-14(3)7-5-9/h8-10H,4-7,12H2,1-3H3,(H,13,15)/t10-/m0/s1. The Balaban J connectivity index is 2.32. The summed E-state index contributed by atoms with van der Waals surface area (Å²) in [6.45, 7) is 6.06. The minimum Gasteiger partial charge on any atom is -0.352 e. The van der Waals surface area contributed by atoms with Crippen molar-refractivity contribution in [3.8, 4) is 0 Å². The summed E-state index contributed by atoms with van der Waals surface area (Å²) < 4.78 is 0. The predicted molar refractivity (Wildman–Crippen MR) is 61.5 cm³/mol. The summed E-state index contributed by atoms with van der Waals surface area (Å²) in [5.74, 6) is 0.204. The summed E-state index contributed by atoms with van der Waals surface area (Å²) in [6.07, 6.45) is 2.07. The molecule has 1 heterocycles. The monoisotopic (exact) mass is 213 g/mol. The number of piperidine rings is 1. The zero-order chi connectivity index (χ0) is 11.4. The normalized spacial score (nSPS) is 21.7. The maximum atomic E-state index is 11.7. The Kier molecular flexibility index (Phi) is 4.54. The van der Waals surface area contributed by atoms with Crippen molar-refractivity contribution in [1.82, 2.24) is 10.2 Å². The van der Waals surface area contributed by atoms with Gasteiger partial charge in [-0.1, -0.05) is 13.8 Å². The molecule has 0 aromatic carbocycles. The third kappa shape index (κ3) is 3.80. The van der Waals surface area contributed by atoms with Gasteiger partial charge in [-0.2, -0.15) is 0 Å². The van der Waals surface area contributed by atoms with Gasteiger partial charge in [0.1, 0.15) is 0 Å². The molecule has 1 saturated heterocycles. The van der Waals surface area contributed by atoms with E-state index in [0.29, 0.717) is 6.04 Å². The Labute approximate surface area is 92.2 Å². The molecule has 1 atom stereocenters. The maximum absolute atomic E-state index is 11.7. The summed E-state index contributed by atoms with van der Waals surface area (Å²) in [7, 11) is 2.11. The summed E-state index contributed by atoms with van der Waals surface area (Å²) in [5, 5.41) is 3.03. The molecule has 1 amide bonds. The van der Waals surface area contributed by atoms with Crippen molar-refractivity contribution in [3.63, 3.8) is 0 Å². The van der Waals surface area contributed by atoms with Crippen LogP contribution >= 0.6 is 0 Å². The number of hydrogen-bond donors (Lipinski definition) is 2. The van der Waals surface area contributed by atoms with Crippen molar-refractivity contribution in [2.75, 3.05) is 20.1 Å². The first kappa shape index (κ1) is 12.5. The van der Waals surface area contributed by atoms with Crippen LogP contribution < -0.4 is 11.1 Å². The fourth-order valence-electron chi connectivity index (χ4n) is 1.75. The third-order valence-corrected chi connectivity index (χ3v) is 3.09. The van der Waals surface area contributed by atoms with E-state index in [1.165, 1.54) is 0 Å². The summed E-state index contributed by atoms with van der Waals surface area (Å²) in [6, 6.07) is -0.0526. The van der Waals surface area contributed by atoms with Crippen LogP contribution in [0.25, 0.3) is 0 Å². The van der Waals surface area contributed by atoms with Gasteiger partial charge in [0.25, 0.3) is 0 Å². The molecular weight excluding hydrogens is 190 g/mol. The number of nitrogens with two attached hydrogens (primary N) is 1. The molecule has 1 fully saturated rings. The lowest BCUT2D eigenvalue weighted by Crippen LogP contribution is -2.50. The zero-order valence-corrected chi connectivity index (χ0v) is 9.99. The smallest absolute Gasteiger partial charge is 0.237 e. The predicted octanol–water partition coefficient (Wildman–Crippen LogP) is 0.180. The zero-order valence-electron chi connectivity index (χ0n) is 9.99. The molecule has 4 nitrogen and oxygen atoms in total. The van der Waals surface area contributed by atoms with Gasteiger partial charge in [-0.3, -0.25) is 4.79 Å². The van der Waals surface area contributed by atoms with Crippen molar-refractivity contribution in [1.29, 1.82) is 0 Å². The highest BCUT2D eigenvalue weighted by molar-refractivity contribution is 5.82. The Morgan fingerprint density at radius 1 is 1.40 bits per heavy atom. The van der Waals surface area contributed by atoms with E-state index in [1.807, 2.05) is 13.8 Å². The number of hydrogen-bond acceptors (Lipinski definition) is 3. The molecule has 88 valence electrons. The lowest BCUT2D eigenvalue weighted by Gasteiger charge is -2.30. The van der Waals surface area contributed by atoms with Crippen LogP contribution in [0.3, 0.4) is 0 Å². The number of nitrogens with zero attached hydrogens (tertiary/aromatic N) is 1. The van der Waals surface area contributed by atoms with Crippen LogP contribution in [0, 0.1) is 5.92 Å². The second kappa shape index (κ2) is 5.47. The number of carbonyl (C=O) groups excluding carboxylic acids is 1. The van der Waals surface area contributed by atoms with Gasteiger partial charge in [0.15, 0.2) is 0 Å². The second-order valence-corrected chi connectivity index (χ2v) is 4.86. The molecule has 1 aliphatic heterocycles. The quantitative estimate of drug-likeness (QED) is 0.703. The topological polar surface area (TPSA) is 58.4 Å². The van der Waals surface area contributed by atoms with E-state index in [2.05, 4.69) is 17.3 Å². The minimum atomic E-state index is -0.371. The molecule has 3 N–H and O–H groups in total. The highest BCUT2D eigenvalue weighted by atomic mass is 16.2. The molecular formula is C11H23N3O. The molecule has 1 aliphatic rings. The first-order chi connectivity index (χ1) is 7.00. The van der Waals surface area contributed by atoms with E-state index < -0.39 is 0 Å². The summed E-state index contributed by atoms with van der Waals surface area (Å²) >= 11 is 0. The fraction of sp³-hybridized carbons (Fsp3) is 0.909. The van der Waals surface area contributed by atoms with Gasteiger partial charge in [0.2, 0.25) is 5.91 Å². The Bertz CT molecular complexity index is 210. The first-order valence-corrected chi connectivity index (χ1v) is 5.75. The van der Waals surface area contributed by atoms with Crippen LogP contribution in [0.4, 0.5) is 0 Å². The van der Waals surface area contributed by atoms with E-state index in [0.717, 1.165) is 25.9 Å². The van der Waals surface area contributed by atoms with Gasteiger partial charge in [0, 0.05) is 6.04 Å². The van der Waals surface area contributed by atoms with Crippen LogP contribution in [-0.4, -0.2) is 43.0 Å². The highest BCUT2D eigenvalue weighted by Gasteiger charge is 2.22. The average molecular weight is 213 g/mol. The molecule has 0 spiro atoms. The van der Waals surface area contributed by atoms with Crippen molar-refractivity contribution in [2.45, 2.75) is 38.8 Å². The Morgan fingerprint density at radius 3 is 2.40 bits per heavy atom.